The summed E-state index contributed by atoms with van der Waals surface area (Å²) in [7, 11) is 0. The van der Waals surface area contributed by atoms with Gasteiger partial charge in [0, 0.05) is 5.56 Å². The fraction of sp³-hybridized carbons (Fsp3) is 0.333. The molecule has 0 spiro atoms. The molecule has 0 bridgehead atoms. The van der Waals surface area contributed by atoms with E-state index in [2.05, 4.69) is 4.99 Å². The molecule has 10 heteroatoms. The van der Waals surface area contributed by atoms with Crippen molar-refractivity contribution in [3.05, 3.63) is 34.9 Å². The predicted octanol–water partition coefficient (Wildman–Crippen LogP) is 4.95. The summed E-state index contributed by atoms with van der Waals surface area (Å²) in [5.74, 6) is -1.16. The number of hydrogen-bond donors (Lipinski definition) is 0. The maximum Gasteiger partial charge on any atom is 0.416 e. The van der Waals surface area contributed by atoms with Crippen molar-refractivity contribution < 1.29 is 31.1 Å². The Labute approximate surface area is 130 Å². The standard InChI is InChI=1S/C12H9F6NOS2/c1-21-10(22-2)19-9(20)6-3-7(11(13,14)15)5-8(4-6)12(16,17)18/h3-5H,1-2H3. The molecule has 0 saturated carbocycles. The second-order valence-corrected chi connectivity index (χ2v) is 5.73. The highest BCUT2D eigenvalue weighted by Crippen LogP contribution is 2.36. The first-order valence-electron chi connectivity index (χ1n) is 5.49. The van der Waals surface area contributed by atoms with Gasteiger partial charge >= 0.3 is 12.4 Å². The minimum Gasteiger partial charge on any atom is -0.267 e. The summed E-state index contributed by atoms with van der Waals surface area (Å²) >= 11 is 2.12. The zero-order valence-electron chi connectivity index (χ0n) is 11.2. The Morgan fingerprint density at radius 2 is 1.32 bits per heavy atom. The van der Waals surface area contributed by atoms with E-state index in [4.69, 9.17) is 0 Å². The fourth-order valence-corrected chi connectivity index (χ4v) is 2.42. The molecule has 1 rings (SSSR count). The normalized spacial score (nSPS) is 12.2. The van der Waals surface area contributed by atoms with Gasteiger partial charge in [0.15, 0.2) is 0 Å². The molecule has 0 aliphatic rings. The fourth-order valence-electron chi connectivity index (χ4n) is 1.40. The topological polar surface area (TPSA) is 29.4 Å². The van der Waals surface area contributed by atoms with Gasteiger partial charge in [-0.3, -0.25) is 4.79 Å². The predicted molar refractivity (Wildman–Crippen MR) is 75.2 cm³/mol. The molecule has 0 unspecified atom stereocenters. The van der Waals surface area contributed by atoms with Crippen LogP contribution in [0.5, 0.6) is 0 Å². The molecule has 0 fully saturated rings. The van der Waals surface area contributed by atoms with E-state index in [9.17, 15) is 31.1 Å². The van der Waals surface area contributed by atoms with Crippen LogP contribution in [-0.4, -0.2) is 22.8 Å². The first kappa shape index (κ1) is 18.9. The van der Waals surface area contributed by atoms with Crippen LogP contribution < -0.4 is 0 Å². The Bertz CT molecular complexity index is 556. The molecule has 0 aliphatic heterocycles. The highest BCUT2D eigenvalue weighted by molar-refractivity contribution is 8.38. The molecule has 0 saturated heterocycles. The summed E-state index contributed by atoms with van der Waals surface area (Å²) in [4.78, 5) is 15.3. The van der Waals surface area contributed by atoms with Crippen LogP contribution in [0.25, 0.3) is 0 Å². The lowest BCUT2D eigenvalue weighted by atomic mass is 10.0. The molecule has 1 amide bonds. The molecule has 1 aromatic rings. The Morgan fingerprint density at radius 1 is 0.909 bits per heavy atom. The van der Waals surface area contributed by atoms with Crippen LogP contribution in [0.2, 0.25) is 0 Å². The molecule has 0 N–H and O–H groups in total. The van der Waals surface area contributed by atoms with E-state index in [1.807, 2.05) is 0 Å². The molecule has 0 aliphatic carbocycles. The molecule has 0 radical (unpaired) electrons. The molecule has 0 aromatic heterocycles. The Kier molecular flexibility index (Phi) is 5.96. The number of benzene rings is 1. The molecular weight excluding hydrogens is 352 g/mol. The van der Waals surface area contributed by atoms with Gasteiger partial charge < -0.3 is 0 Å². The highest BCUT2D eigenvalue weighted by atomic mass is 32.2. The maximum atomic E-state index is 12.7. The summed E-state index contributed by atoms with van der Waals surface area (Å²) in [6.07, 6.45) is -6.84. The number of hydrogen-bond acceptors (Lipinski definition) is 3. The van der Waals surface area contributed by atoms with Crippen molar-refractivity contribution in [2.45, 2.75) is 12.4 Å². The van der Waals surface area contributed by atoms with Gasteiger partial charge in [0.05, 0.1) is 11.1 Å². The smallest absolute Gasteiger partial charge is 0.267 e. The van der Waals surface area contributed by atoms with Gasteiger partial charge in [-0.05, 0) is 30.7 Å². The summed E-state index contributed by atoms with van der Waals surface area (Å²) in [5, 5.41) is 0. The van der Waals surface area contributed by atoms with Crippen LogP contribution in [0.3, 0.4) is 0 Å². The first-order valence-corrected chi connectivity index (χ1v) is 7.94. The third-order valence-corrected chi connectivity index (χ3v) is 4.26. The van der Waals surface area contributed by atoms with Crippen LogP contribution >= 0.6 is 23.5 Å². The Balaban J connectivity index is 3.42. The summed E-state index contributed by atoms with van der Waals surface area (Å²) in [6.45, 7) is 0. The number of aliphatic imine (C=N–C) groups is 1. The number of rotatable bonds is 1. The van der Waals surface area contributed by atoms with Gasteiger partial charge in [-0.1, -0.05) is 0 Å². The van der Waals surface area contributed by atoms with Crippen molar-refractivity contribution in [2.24, 2.45) is 4.99 Å². The van der Waals surface area contributed by atoms with Crippen LogP contribution in [-0.2, 0) is 12.4 Å². The number of halogens is 6. The van der Waals surface area contributed by atoms with Crippen LogP contribution in [0, 0.1) is 0 Å². The van der Waals surface area contributed by atoms with E-state index >= 15 is 0 Å². The largest absolute Gasteiger partial charge is 0.416 e. The second-order valence-electron chi connectivity index (χ2n) is 3.89. The third-order valence-electron chi connectivity index (χ3n) is 2.38. The van der Waals surface area contributed by atoms with Crippen molar-refractivity contribution in [1.29, 1.82) is 0 Å². The molecule has 1 aromatic carbocycles. The molecule has 2 nitrogen and oxygen atoms in total. The van der Waals surface area contributed by atoms with Crippen LogP contribution in [0.1, 0.15) is 21.5 Å². The van der Waals surface area contributed by atoms with Crippen LogP contribution in [0.4, 0.5) is 26.3 Å². The Morgan fingerprint density at radius 3 is 1.64 bits per heavy atom. The van der Waals surface area contributed by atoms with Gasteiger partial charge in [0.25, 0.3) is 5.91 Å². The van der Waals surface area contributed by atoms with Crippen molar-refractivity contribution in [3.8, 4) is 0 Å². The van der Waals surface area contributed by atoms with Crippen molar-refractivity contribution >= 4 is 33.8 Å². The molecule has 0 atom stereocenters. The average molecular weight is 361 g/mol. The summed E-state index contributed by atoms with van der Waals surface area (Å²) in [5.41, 5.74) is -3.85. The minimum absolute atomic E-state index is 0.0372. The first-order chi connectivity index (χ1) is 9.98. The number of amides is 1. The minimum atomic E-state index is -5.00. The van der Waals surface area contributed by atoms with Gasteiger partial charge in [0.2, 0.25) is 0 Å². The summed E-state index contributed by atoms with van der Waals surface area (Å²) < 4.78 is 76.3. The van der Waals surface area contributed by atoms with Crippen molar-refractivity contribution in [2.75, 3.05) is 12.5 Å². The quantitative estimate of drug-likeness (QED) is 0.403. The van der Waals surface area contributed by atoms with E-state index in [-0.39, 0.29) is 10.4 Å². The van der Waals surface area contributed by atoms with Gasteiger partial charge in [-0.2, -0.15) is 31.3 Å². The van der Waals surface area contributed by atoms with E-state index in [1.165, 1.54) is 0 Å². The van der Waals surface area contributed by atoms with Gasteiger partial charge in [-0.25, -0.2) is 0 Å². The highest BCUT2D eigenvalue weighted by Gasteiger charge is 2.37. The van der Waals surface area contributed by atoms with Gasteiger partial charge in [0.1, 0.15) is 4.38 Å². The molecule has 0 heterocycles. The number of alkyl halides is 6. The van der Waals surface area contributed by atoms with E-state index in [0.29, 0.717) is 12.1 Å². The Hall–Kier alpha value is -1.16. The monoisotopic (exact) mass is 361 g/mol. The van der Waals surface area contributed by atoms with E-state index in [1.54, 1.807) is 12.5 Å². The lowest BCUT2D eigenvalue weighted by molar-refractivity contribution is -0.143. The van der Waals surface area contributed by atoms with E-state index < -0.39 is 35.0 Å². The van der Waals surface area contributed by atoms with Gasteiger partial charge in [-0.15, -0.1) is 23.5 Å². The maximum absolute atomic E-state index is 12.7. The number of carbonyl (C=O) groups excluding carboxylic acids is 1. The molecular formula is C12H9F6NOS2. The zero-order valence-corrected chi connectivity index (χ0v) is 12.8. The van der Waals surface area contributed by atoms with E-state index in [0.717, 1.165) is 23.5 Å². The number of thioether (sulfide) groups is 2. The number of nitrogens with zero attached hydrogens (tertiary/aromatic N) is 1. The average Bonchev–Trinajstić information content (AvgIpc) is 2.42. The molecule has 22 heavy (non-hydrogen) atoms. The SMILES string of the molecule is CSC(=NC(=O)c1cc(C(F)(F)F)cc(C(F)(F)F)c1)SC. The second kappa shape index (κ2) is 6.95. The number of carbonyl (C=O) groups is 1. The zero-order chi connectivity index (χ0) is 17.1. The van der Waals surface area contributed by atoms with Crippen molar-refractivity contribution in [3.63, 3.8) is 0 Å². The molecule has 122 valence electrons. The van der Waals surface area contributed by atoms with Crippen LogP contribution in [0.15, 0.2) is 23.2 Å². The lowest BCUT2D eigenvalue weighted by Crippen LogP contribution is -2.13. The van der Waals surface area contributed by atoms with Crippen molar-refractivity contribution in [1.82, 2.24) is 0 Å². The third kappa shape index (κ3) is 4.94. The summed E-state index contributed by atoms with van der Waals surface area (Å²) in [6, 6.07) is 0.684. The lowest BCUT2D eigenvalue weighted by Gasteiger charge is -2.13.